The third kappa shape index (κ3) is 1.39. The molecule has 0 aliphatic rings. The molecule has 0 aromatic heterocycles. The first kappa shape index (κ1) is 7.76. The van der Waals surface area contributed by atoms with Crippen molar-refractivity contribution in [3.63, 3.8) is 0 Å². The van der Waals surface area contributed by atoms with Gasteiger partial charge in [-0.15, -0.1) is 12.6 Å². The van der Waals surface area contributed by atoms with E-state index in [4.69, 9.17) is 11.9 Å². The molecule has 1 aromatic carbocycles. The predicted molar refractivity (Wildman–Crippen MR) is 44.9 cm³/mol. The zero-order chi connectivity index (χ0) is 7.56. The second kappa shape index (κ2) is 3.17. The number of thiol groups is 1. The molecule has 0 bridgehead atoms. The molecule has 10 heavy (non-hydrogen) atoms. The summed E-state index contributed by atoms with van der Waals surface area (Å²) in [5.74, 6) is 0.661. The summed E-state index contributed by atoms with van der Waals surface area (Å²) in [6.07, 6.45) is 0. The minimum Gasteiger partial charge on any atom is -0.385 e. The van der Waals surface area contributed by atoms with E-state index in [1.807, 2.05) is 19.1 Å². The highest BCUT2D eigenvalue weighted by Crippen LogP contribution is 2.24. The largest absolute Gasteiger partial charge is 0.385 e. The summed E-state index contributed by atoms with van der Waals surface area (Å²) in [6, 6.07) is 5.52. The van der Waals surface area contributed by atoms with Crippen LogP contribution in [-0.4, -0.2) is 0 Å². The molecule has 0 aliphatic heterocycles. The van der Waals surface area contributed by atoms with E-state index in [2.05, 4.69) is 16.9 Å². The van der Waals surface area contributed by atoms with Gasteiger partial charge < -0.3 is 4.29 Å². The van der Waals surface area contributed by atoms with Crippen molar-refractivity contribution in [1.82, 2.24) is 0 Å². The average molecular weight is 175 g/mol. The maximum atomic E-state index is 5.17. The molecule has 54 valence electrons. The zero-order valence-corrected chi connectivity index (χ0v) is 7.12. The molecule has 0 N–H and O–H groups in total. The number of halogens is 1. The molecule has 0 aliphatic carbocycles. The van der Waals surface area contributed by atoms with Crippen LogP contribution in [0.5, 0.6) is 5.75 Å². The summed E-state index contributed by atoms with van der Waals surface area (Å²) in [7, 11) is 0. The average Bonchev–Trinajstić information content (AvgIpc) is 1.95. The van der Waals surface area contributed by atoms with Gasteiger partial charge in [0.15, 0.2) is 0 Å². The van der Waals surface area contributed by atoms with E-state index < -0.39 is 0 Å². The van der Waals surface area contributed by atoms with Gasteiger partial charge in [0.2, 0.25) is 0 Å². The first-order chi connectivity index (χ1) is 4.75. The molecule has 0 heterocycles. The summed E-state index contributed by atoms with van der Waals surface area (Å²) in [5.41, 5.74) is 0.959. The van der Waals surface area contributed by atoms with Gasteiger partial charge in [-0.1, -0.05) is 6.07 Å². The fourth-order valence-electron chi connectivity index (χ4n) is 0.686. The minimum absolute atomic E-state index is 0.661. The van der Waals surface area contributed by atoms with Crippen molar-refractivity contribution in [2.45, 2.75) is 11.8 Å². The molecule has 0 saturated heterocycles. The Bertz CT molecular complexity index is 237. The Hall–Kier alpha value is -0.340. The summed E-state index contributed by atoms with van der Waals surface area (Å²) in [4.78, 5) is 0.887. The van der Waals surface area contributed by atoms with Gasteiger partial charge in [-0.2, -0.15) is 0 Å². The second-order valence-electron chi connectivity index (χ2n) is 1.98. The van der Waals surface area contributed by atoms with Crippen molar-refractivity contribution in [3.8, 4) is 5.75 Å². The van der Waals surface area contributed by atoms with E-state index in [1.165, 1.54) is 0 Å². The van der Waals surface area contributed by atoms with E-state index >= 15 is 0 Å². The third-order valence-corrected chi connectivity index (χ3v) is 1.99. The van der Waals surface area contributed by atoms with Gasteiger partial charge in [0.25, 0.3) is 0 Å². The second-order valence-corrected chi connectivity index (χ2v) is 2.61. The highest BCUT2D eigenvalue weighted by atomic mass is 35.5. The Balaban J connectivity index is 3.14. The van der Waals surface area contributed by atoms with Gasteiger partial charge in [0.1, 0.15) is 17.6 Å². The molecular formula is C7H7ClOS. The van der Waals surface area contributed by atoms with Crippen LogP contribution < -0.4 is 4.29 Å². The van der Waals surface area contributed by atoms with Crippen molar-refractivity contribution in [2.75, 3.05) is 0 Å². The minimum atomic E-state index is 0.661. The van der Waals surface area contributed by atoms with Crippen LogP contribution in [0.4, 0.5) is 0 Å². The van der Waals surface area contributed by atoms with Crippen molar-refractivity contribution in [2.24, 2.45) is 0 Å². The number of hydrogen-bond acceptors (Lipinski definition) is 2. The fraction of sp³-hybridized carbons (Fsp3) is 0.143. The van der Waals surface area contributed by atoms with Crippen LogP contribution in [0.15, 0.2) is 23.1 Å². The molecule has 1 nitrogen and oxygen atoms in total. The van der Waals surface area contributed by atoms with Gasteiger partial charge in [0.05, 0.1) is 0 Å². The number of benzene rings is 1. The Kier molecular flexibility index (Phi) is 2.46. The van der Waals surface area contributed by atoms with E-state index in [9.17, 15) is 0 Å². The fourth-order valence-corrected chi connectivity index (χ4v) is 1.05. The summed E-state index contributed by atoms with van der Waals surface area (Å²) >= 11 is 9.35. The first-order valence-corrected chi connectivity index (χ1v) is 3.58. The monoisotopic (exact) mass is 174 g/mol. The predicted octanol–water partition coefficient (Wildman–Crippen LogP) is 2.82. The topological polar surface area (TPSA) is 9.23 Å². The van der Waals surface area contributed by atoms with Crippen LogP contribution in [0.1, 0.15) is 5.56 Å². The van der Waals surface area contributed by atoms with Crippen LogP contribution >= 0.6 is 24.5 Å². The van der Waals surface area contributed by atoms with Crippen LogP contribution in [-0.2, 0) is 0 Å². The molecular weight excluding hydrogens is 168 g/mol. The quantitative estimate of drug-likeness (QED) is 0.645. The van der Waals surface area contributed by atoms with Gasteiger partial charge in [-0.3, -0.25) is 0 Å². The molecule has 1 aromatic rings. The Morgan fingerprint density at radius 3 is 2.70 bits per heavy atom. The van der Waals surface area contributed by atoms with Gasteiger partial charge in [-0.25, -0.2) is 0 Å². The third-order valence-electron chi connectivity index (χ3n) is 1.34. The smallest absolute Gasteiger partial charge is 0.150 e. The lowest BCUT2D eigenvalue weighted by atomic mass is 10.2. The van der Waals surface area contributed by atoms with Crippen molar-refractivity contribution in [3.05, 3.63) is 23.8 Å². The van der Waals surface area contributed by atoms with E-state index in [1.54, 1.807) is 6.07 Å². The number of rotatable bonds is 1. The highest BCUT2D eigenvalue weighted by molar-refractivity contribution is 7.80. The maximum absolute atomic E-state index is 5.17. The normalized spacial score (nSPS) is 9.50. The van der Waals surface area contributed by atoms with Gasteiger partial charge in [-0.05, 0) is 19.1 Å². The molecule has 3 heteroatoms. The van der Waals surface area contributed by atoms with E-state index in [0.717, 1.165) is 10.5 Å². The van der Waals surface area contributed by atoms with Gasteiger partial charge >= 0.3 is 0 Å². The summed E-state index contributed by atoms with van der Waals surface area (Å²) in [6.45, 7) is 1.90. The lowest BCUT2D eigenvalue weighted by Gasteiger charge is -2.01. The standard InChI is InChI=1S/C7H7ClOS/c1-5-6(9-8)3-2-4-7(5)10/h2-4,10H,1H3. The molecule has 0 unspecified atom stereocenters. The van der Waals surface area contributed by atoms with Gasteiger partial charge in [0, 0.05) is 10.5 Å². The van der Waals surface area contributed by atoms with Crippen molar-refractivity contribution in [1.29, 1.82) is 0 Å². The molecule has 0 fully saturated rings. The van der Waals surface area contributed by atoms with Crippen LogP contribution in [0.25, 0.3) is 0 Å². The SMILES string of the molecule is Cc1c(S)cccc1OCl. The molecule has 1 rings (SSSR count). The van der Waals surface area contributed by atoms with Crippen molar-refractivity contribution >= 4 is 24.5 Å². The van der Waals surface area contributed by atoms with Crippen molar-refractivity contribution < 1.29 is 4.29 Å². The summed E-state index contributed by atoms with van der Waals surface area (Å²) in [5, 5.41) is 0. The molecule has 0 radical (unpaired) electrons. The highest BCUT2D eigenvalue weighted by Gasteiger charge is 1.99. The van der Waals surface area contributed by atoms with Crippen LogP contribution in [0.3, 0.4) is 0 Å². The molecule has 0 saturated carbocycles. The zero-order valence-electron chi connectivity index (χ0n) is 5.47. The molecule has 0 amide bonds. The lowest BCUT2D eigenvalue weighted by molar-refractivity contribution is 0.610. The van der Waals surface area contributed by atoms with Crippen LogP contribution in [0.2, 0.25) is 0 Å². The van der Waals surface area contributed by atoms with E-state index in [-0.39, 0.29) is 0 Å². The van der Waals surface area contributed by atoms with E-state index in [0.29, 0.717) is 5.75 Å². The Morgan fingerprint density at radius 2 is 2.20 bits per heavy atom. The molecule has 0 spiro atoms. The molecule has 0 atom stereocenters. The summed E-state index contributed by atoms with van der Waals surface area (Å²) < 4.78 is 4.55. The van der Waals surface area contributed by atoms with Crippen LogP contribution in [0, 0.1) is 6.92 Å². The number of hydrogen-bond donors (Lipinski definition) is 1. The maximum Gasteiger partial charge on any atom is 0.150 e. The Labute approximate surface area is 70.5 Å². The Morgan fingerprint density at radius 1 is 1.50 bits per heavy atom. The lowest BCUT2D eigenvalue weighted by Crippen LogP contribution is -1.81. The first-order valence-electron chi connectivity index (χ1n) is 2.83.